The number of pyridine rings is 1. The Morgan fingerprint density at radius 2 is 2.00 bits per heavy atom. The van der Waals surface area contributed by atoms with Crippen LogP contribution in [0.5, 0.6) is 0 Å². The van der Waals surface area contributed by atoms with E-state index in [1.54, 1.807) is 6.07 Å². The Morgan fingerprint density at radius 1 is 1.17 bits per heavy atom. The van der Waals surface area contributed by atoms with Crippen molar-refractivity contribution in [2.75, 3.05) is 29.9 Å². The van der Waals surface area contributed by atoms with Crippen molar-refractivity contribution >= 4 is 29.1 Å². The molecular weight excluding hydrogens is 324 g/mol. The van der Waals surface area contributed by atoms with Gasteiger partial charge in [0.05, 0.1) is 16.8 Å². The highest BCUT2D eigenvalue weighted by atomic mass is 35.5. The Bertz CT molecular complexity index is 739. The molecule has 2 aliphatic rings. The molecule has 4 rings (SSSR count). The van der Waals surface area contributed by atoms with E-state index in [9.17, 15) is 4.79 Å². The van der Waals surface area contributed by atoms with Crippen LogP contribution in [0.25, 0.3) is 0 Å². The van der Waals surface area contributed by atoms with E-state index in [-0.39, 0.29) is 12.1 Å². The van der Waals surface area contributed by atoms with Gasteiger partial charge < -0.3 is 15.1 Å². The van der Waals surface area contributed by atoms with E-state index in [0.717, 1.165) is 31.9 Å². The zero-order valence-corrected chi connectivity index (χ0v) is 14.0. The summed E-state index contributed by atoms with van der Waals surface area (Å²) in [5, 5.41) is 3.50. The number of hydrogen-bond donors (Lipinski definition) is 1. The van der Waals surface area contributed by atoms with E-state index >= 15 is 0 Å². The van der Waals surface area contributed by atoms with Crippen LogP contribution in [-0.2, 0) is 0 Å². The van der Waals surface area contributed by atoms with Crippen molar-refractivity contribution in [3.8, 4) is 0 Å². The topological polar surface area (TPSA) is 48.5 Å². The Morgan fingerprint density at radius 3 is 2.79 bits per heavy atom. The van der Waals surface area contributed by atoms with E-state index in [2.05, 4.69) is 15.2 Å². The summed E-state index contributed by atoms with van der Waals surface area (Å²) in [7, 11) is 0. The molecule has 2 fully saturated rings. The van der Waals surface area contributed by atoms with Crippen LogP contribution in [0.15, 0.2) is 48.7 Å². The van der Waals surface area contributed by atoms with E-state index in [1.807, 2.05) is 47.5 Å². The minimum atomic E-state index is -0.0709. The molecule has 0 saturated carbocycles. The van der Waals surface area contributed by atoms with Gasteiger partial charge in [-0.05, 0) is 30.7 Å². The Labute approximate surface area is 146 Å². The van der Waals surface area contributed by atoms with Gasteiger partial charge in [0.1, 0.15) is 5.82 Å². The van der Waals surface area contributed by atoms with Crippen LogP contribution in [0.1, 0.15) is 6.42 Å². The number of aromatic nitrogens is 1. The molecular formula is C18H19ClN4O. The van der Waals surface area contributed by atoms with Crippen LogP contribution >= 0.6 is 11.6 Å². The van der Waals surface area contributed by atoms with Gasteiger partial charge in [0.2, 0.25) is 0 Å². The van der Waals surface area contributed by atoms with Crippen molar-refractivity contribution in [1.29, 1.82) is 0 Å². The first-order valence-electron chi connectivity index (χ1n) is 8.20. The highest BCUT2D eigenvalue weighted by molar-refractivity contribution is 6.33. The Hall–Kier alpha value is -2.27. The lowest BCUT2D eigenvalue weighted by molar-refractivity contribution is 0.207. The number of hydrogen-bond acceptors (Lipinski definition) is 3. The normalized spacial score (nSPS) is 22.5. The van der Waals surface area contributed by atoms with Gasteiger partial charge in [0.25, 0.3) is 0 Å². The van der Waals surface area contributed by atoms with Crippen LogP contribution in [0.2, 0.25) is 5.02 Å². The Balaban J connectivity index is 1.46. The van der Waals surface area contributed by atoms with Crippen molar-refractivity contribution in [2.24, 2.45) is 5.92 Å². The SMILES string of the molecule is O=C(Nc1ccccc1Cl)N1CCC2CN(c3ccccn3)CC21. The number of amides is 2. The van der Waals surface area contributed by atoms with E-state index < -0.39 is 0 Å². The number of likely N-dealkylation sites (tertiary alicyclic amines) is 1. The molecule has 2 saturated heterocycles. The van der Waals surface area contributed by atoms with Crippen molar-refractivity contribution in [2.45, 2.75) is 12.5 Å². The standard InChI is InChI=1S/C18H19ClN4O/c19-14-5-1-2-6-15(14)21-18(24)23-10-8-13-11-22(12-16(13)23)17-7-3-4-9-20-17/h1-7,9,13,16H,8,10-12H2,(H,21,24). The highest BCUT2D eigenvalue weighted by Crippen LogP contribution is 2.34. The zero-order valence-electron chi connectivity index (χ0n) is 13.2. The number of benzene rings is 1. The van der Waals surface area contributed by atoms with E-state index in [1.165, 1.54) is 0 Å². The smallest absolute Gasteiger partial charge is 0.322 e. The first-order chi connectivity index (χ1) is 11.7. The average Bonchev–Trinajstić information content (AvgIpc) is 3.18. The maximum absolute atomic E-state index is 12.7. The summed E-state index contributed by atoms with van der Waals surface area (Å²) >= 11 is 6.14. The van der Waals surface area contributed by atoms with Crippen molar-refractivity contribution in [1.82, 2.24) is 9.88 Å². The number of para-hydroxylation sites is 1. The third-order valence-corrected chi connectivity index (χ3v) is 5.23. The first-order valence-corrected chi connectivity index (χ1v) is 8.58. The van der Waals surface area contributed by atoms with Crippen molar-refractivity contribution in [3.63, 3.8) is 0 Å². The maximum atomic E-state index is 12.7. The summed E-state index contributed by atoms with van der Waals surface area (Å²) in [5.74, 6) is 1.49. The molecule has 2 atom stereocenters. The second-order valence-corrected chi connectivity index (χ2v) is 6.72. The molecule has 124 valence electrons. The predicted octanol–water partition coefficient (Wildman–Crippen LogP) is 3.48. The number of halogens is 1. The molecule has 3 heterocycles. The monoisotopic (exact) mass is 342 g/mol. The third kappa shape index (κ3) is 2.80. The van der Waals surface area contributed by atoms with Crippen molar-refractivity contribution in [3.05, 3.63) is 53.7 Å². The molecule has 1 aromatic carbocycles. The van der Waals surface area contributed by atoms with Crippen LogP contribution in [0.4, 0.5) is 16.3 Å². The number of rotatable bonds is 2. The minimum Gasteiger partial charge on any atom is -0.354 e. The largest absolute Gasteiger partial charge is 0.354 e. The lowest BCUT2D eigenvalue weighted by atomic mass is 10.1. The number of carbonyl (C=O) groups is 1. The molecule has 2 aliphatic heterocycles. The van der Waals surface area contributed by atoms with Gasteiger partial charge in [-0.3, -0.25) is 0 Å². The van der Waals surface area contributed by atoms with E-state index in [4.69, 9.17) is 11.6 Å². The predicted molar refractivity (Wildman–Crippen MR) is 95.5 cm³/mol. The van der Waals surface area contributed by atoms with Gasteiger partial charge in [-0.1, -0.05) is 29.8 Å². The van der Waals surface area contributed by atoms with Crippen LogP contribution < -0.4 is 10.2 Å². The maximum Gasteiger partial charge on any atom is 0.322 e. The second-order valence-electron chi connectivity index (χ2n) is 6.31. The average molecular weight is 343 g/mol. The summed E-state index contributed by atoms with van der Waals surface area (Å²) in [6, 6.07) is 13.4. The van der Waals surface area contributed by atoms with Gasteiger partial charge in [-0.2, -0.15) is 0 Å². The van der Waals surface area contributed by atoms with Crippen LogP contribution in [-0.4, -0.2) is 41.6 Å². The lowest BCUT2D eigenvalue weighted by Gasteiger charge is -2.25. The molecule has 1 N–H and O–H groups in total. The molecule has 0 bridgehead atoms. The molecule has 0 aliphatic carbocycles. The molecule has 2 aromatic rings. The van der Waals surface area contributed by atoms with Gasteiger partial charge in [0.15, 0.2) is 0 Å². The molecule has 0 radical (unpaired) electrons. The summed E-state index contributed by atoms with van der Waals surface area (Å²) < 4.78 is 0. The van der Waals surface area contributed by atoms with E-state index in [0.29, 0.717) is 16.6 Å². The fourth-order valence-corrected chi connectivity index (χ4v) is 3.87. The van der Waals surface area contributed by atoms with Crippen LogP contribution in [0.3, 0.4) is 0 Å². The summed E-state index contributed by atoms with van der Waals surface area (Å²) in [6.07, 6.45) is 2.84. The molecule has 2 amide bonds. The fourth-order valence-electron chi connectivity index (χ4n) is 3.69. The highest BCUT2D eigenvalue weighted by Gasteiger charge is 2.43. The summed E-state index contributed by atoms with van der Waals surface area (Å²) in [5.41, 5.74) is 0.659. The van der Waals surface area contributed by atoms with Gasteiger partial charge >= 0.3 is 6.03 Å². The summed E-state index contributed by atoms with van der Waals surface area (Å²) in [6.45, 7) is 2.58. The molecule has 24 heavy (non-hydrogen) atoms. The zero-order chi connectivity index (χ0) is 16.5. The number of nitrogens with zero attached hydrogens (tertiary/aromatic N) is 3. The number of anilines is 2. The number of nitrogens with one attached hydrogen (secondary N) is 1. The third-order valence-electron chi connectivity index (χ3n) is 4.90. The molecule has 0 spiro atoms. The minimum absolute atomic E-state index is 0.0709. The number of fused-ring (bicyclic) bond motifs is 1. The number of urea groups is 1. The number of carbonyl (C=O) groups excluding carboxylic acids is 1. The van der Waals surface area contributed by atoms with Gasteiger partial charge in [-0.15, -0.1) is 0 Å². The quantitative estimate of drug-likeness (QED) is 0.909. The molecule has 6 heteroatoms. The van der Waals surface area contributed by atoms with Crippen molar-refractivity contribution < 1.29 is 4.79 Å². The molecule has 5 nitrogen and oxygen atoms in total. The van der Waals surface area contributed by atoms with Crippen LogP contribution in [0, 0.1) is 5.92 Å². The first kappa shape index (κ1) is 15.3. The van der Waals surface area contributed by atoms with Gasteiger partial charge in [0, 0.05) is 31.7 Å². The molecule has 2 unspecified atom stereocenters. The fraction of sp³-hybridized carbons (Fsp3) is 0.333. The molecule has 1 aromatic heterocycles. The Kier molecular flexibility index (Phi) is 4.02. The summed E-state index contributed by atoms with van der Waals surface area (Å²) in [4.78, 5) is 21.3. The van der Waals surface area contributed by atoms with Gasteiger partial charge in [-0.25, -0.2) is 9.78 Å². The lowest BCUT2D eigenvalue weighted by Crippen LogP contribution is -2.42. The second kappa shape index (κ2) is 6.32.